The van der Waals surface area contributed by atoms with Crippen molar-refractivity contribution in [3.63, 3.8) is 0 Å². The fraction of sp³-hybridized carbons (Fsp3) is 0.300. The molecule has 0 saturated heterocycles. The zero-order valence-corrected chi connectivity index (χ0v) is 9.78. The number of aliphatic hydroxyl groups excluding tert-OH is 1. The van der Waals surface area contributed by atoms with Crippen LogP contribution in [0.5, 0.6) is 0 Å². The largest absolute Gasteiger partial charge is 0.478 e. The topological polar surface area (TPSA) is 69.6 Å². The van der Waals surface area contributed by atoms with Crippen molar-refractivity contribution in [1.29, 1.82) is 0 Å². The summed E-state index contributed by atoms with van der Waals surface area (Å²) in [5.74, 6) is -0.969. The fourth-order valence-corrected chi connectivity index (χ4v) is 1.66. The predicted molar refractivity (Wildman–Crippen MR) is 61.3 cm³/mol. The van der Waals surface area contributed by atoms with E-state index < -0.39 is 5.97 Å². The summed E-state index contributed by atoms with van der Waals surface area (Å²) in [4.78, 5) is 10.7. The summed E-state index contributed by atoms with van der Waals surface area (Å²) in [5.41, 5.74) is 0.991. The first-order valence-electron chi connectivity index (χ1n) is 4.45. The molecule has 0 aliphatic heterocycles. The minimum atomic E-state index is -0.969. The summed E-state index contributed by atoms with van der Waals surface area (Å²) < 4.78 is 0.519. The van der Waals surface area contributed by atoms with Crippen LogP contribution in [0.25, 0.3) is 0 Å². The molecule has 0 heterocycles. The van der Waals surface area contributed by atoms with E-state index in [0.29, 0.717) is 4.47 Å². The van der Waals surface area contributed by atoms with Gasteiger partial charge in [-0.3, -0.25) is 0 Å². The molecule has 0 amide bonds. The number of carbonyl (C=O) groups is 1. The van der Waals surface area contributed by atoms with E-state index in [4.69, 9.17) is 10.2 Å². The van der Waals surface area contributed by atoms with Gasteiger partial charge in [-0.25, -0.2) is 4.79 Å². The molecule has 82 valence electrons. The Morgan fingerprint density at radius 1 is 1.60 bits per heavy atom. The molecule has 0 aliphatic rings. The number of rotatable bonds is 4. The minimum Gasteiger partial charge on any atom is -0.478 e. The number of aromatic carboxylic acids is 1. The summed E-state index contributed by atoms with van der Waals surface area (Å²) >= 11 is 3.18. The molecular formula is C10H12BrNO3. The summed E-state index contributed by atoms with van der Waals surface area (Å²) in [6, 6.07) is 4.79. The molecule has 3 N–H and O–H groups in total. The van der Waals surface area contributed by atoms with Crippen molar-refractivity contribution in [2.75, 3.05) is 11.9 Å². The van der Waals surface area contributed by atoms with Gasteiger partial charge in [0.1, 0.15) is 0 Å². The van der Waals surface area contributed by atoms with E-state index in [1.807, 2.05) is 6.92 Å². The van der Waals surface area contributed by atoms with E-state index in [1.54, 1.807) is 12.1 Å². The van der Waals surface area contributed by atoms with E-state index in [1.165, 1.54) is 6.07 Å². The SMILES string of the molecule is CC(CO)Nc1ccc(C(=O)O)c(Br)c1. The van der Waals surface area contributed by atoms with Crippen molar-refractivity contribution in [2.24, 2.45) is 0 Å². The average molecular weight is 274 g/mol. The van der Waals surface area contributed by atoms with Crippen LogP contribution in [0.15, 0.2) is 22.7 Å². The number of carboxylic acid groups (broad SMARTS) is 1. The van der Waals surface area contributed by atoms with Gasteiger partial charge in [-0.1, -0.05) is 0 Å². The Balaban J connectivity index is 2.87. The average Bonchev–Trinajstić information content (AvgIpc) is 2.17. The van der Waals surface area contributed by atoms with Crippen LogP contribution in [0.2, 0.25) is 0 Å². The van der Waals surface area contributed by atoms with Crippen LogP contribution in [0, 0.1) is 0 Å². The molecule has 0 radical (unpaired) electrons. The molecule has 0 aliphatic carbocycles. The van der Waals surface area contributed by atoms with Gasteiger partial charge in [0, 0.05) is 16.2 Å². The van der Waals surface area contributed by atoms with Crippen LogP contribution in [0.1, 0.15) is 17.3 Å². The number of benzene rings is 1. The number of hydrogen-bond acceptors (Lipinski definition) is 3. The van der Waals surface area contributed by atoms with E-state index in [9.17, 15) is 4.79 Å². The van der Waals surface area contributed by atoms with Crippen LogP contribution in [-0.2, 0) is 0 Å². The van der Waals surface area contributed by atoms with Crippen molar-refractivity contribution in [1.82, 2.24) is 0 Å². The smallest absolute Gasteiger partial charge is 0.336 e. The predicted octanol–water partition coefficient (Wildman–Crippen LogP) is 1.94. The highest BCUT2D eigenvalue weighted by Gasteiger charge is 2.09. The molecule has 1 rings (SSSR count). The van der Waals surface area contributed by atoms with Crippen LogP contribution in [-0.4, -0.2) is 28.8 Å². The Hall–Kier alpha value is -1.07. The maximum atomic E-state index is 10.7. The Bertz CT molecular complexity index is 368. The molecule has 1 aromatic rings. The molecule has 5 heteroatoms. The molecular weight excluding hydrogens is 262 g/mol. The normalized spacial score (nSPS) is 12.2. The zero-order valence-electron chi connectivity index (χ0n) is 8.20. The van der Waals surface area contributed by atoms with Crippen LogP contribution in [0.4, 0.5) is 5.69 Å². The Morgan fingerprint density at radius 2 is 2.27 bits per heavy atom. The van der Waals surface area contributed by atoms with Gasteiger partial charge in [0.05, 0.1) is 12.2 Å². The highest BCUT2D eigenvalue weighted by molar-refractivity contribution is 9.10. The van der Waals surface area contributed by atoms with Gasteiger partial charge in [0.15, 0.2) is 0 Å². The van der Waals surface area contributed by atoms with Crippen molar-refractivity contribution in [3.8, 4) is 0 Å². The monoisotopic (exact) mass is 273 g/mol. The lowest BCUT2D eigenvalue weighted by Gasteiger charge is -2.12. The quantitative estimate of drug-likeness (QED) is 0.784. The molecule has 1 atom stereocenters. The Morgan fingerprint density at radius 3 is 2.73 bits per heavy atom. The van der Waals surface area contributed by atoms with E-state index in [2.05, 4.69) is 21.2 Å². The first-order chi connectivity index (χ1) is 7.04. The van der Waals surface area contributed by atoms with Gasteiger partial charge >= 0.3 is 5.97 Å². The number of anilines is 1. The second-order valence-electron chi connectivity index (χ2n) is 3.23. The summed E-state index contributed by atoms with van der Waals surface area (Å²) in [6.45, 7) is 1.86. The molecule has 1 aromatic carbocycles. The van der Waals surface area contributed by atoms with Crippen LogP contribution < -0.4 is 5.32 Å². The second kappa shape index (κ2) is 5.14. The molecule has 0 bridgehead atoms. The first kappa shape index (κ1) is 12.0. The molecule has 0 aromatic heterocycles. The molecule has 15 heavy (non-hydrogen) atoms. The highest BCUT2D eigenvalue weighted by atomic mass is 79.9. The standard InChI is InChI=1S/C10H12BrNO3/c1-6(5-13)12-7-2-3-8(10(14)15)9(11)4-7/h2-4,6,12-13H,5H2,1H3,(H,14,15). The summed E-state index contributed by atoms with van der Waals surface area (Å²) in [7, 11) is 0. The lowest BCUT2D eigenvalue weighted by Crippen LogP contribution is -2.19. The maximum Gasteiger partial charge on any atom is 0.336 e. The van der Waals surface area contributed by atoms with Crippen molar-refractivity contribution in [2.45, 2.75) is 13.0 Å². The van der Waals surface area contributed by atoms with Crippen LogP contribution >= 0.6 is 15.9 Å². The highest BCUT2D eigenvalue weighted by Crippen LogP contribution is 2.21. The third kappa shape index (κ3) is 3.21. The first-order valence-corrected chi connectivity index (χ1v) is 5.24. The van der Waals surface area contributed by atoms with Gasteiger partial charge in [-0.15, -0.1) is 0 Å². The minimum absolute atomic E-state index is 0.0261. The Labute approximate surface area is 96.1 Å². The van der Waals surface area contributed by atoms with Crippen molar-refractivity contribution < 1.29 is 15.0 Å². The summed E-state index contributed by atoms with van der Waals surface area (Å²) in [5, 5.41) is 20.7. The van der Waals surface area contributed by atoms with Gasteiger partial charge < -0.3 is 15.5 Å². The number of hydrogen-bond donors (Lipinski definition) is 3. The van der Waals surface area contributed by atoms with Crippen molar-refractivity contribution >= 4 is 27.6 Å². The van der Waals surface area contributed by atoms with E-state index in [0.717, 1.165) is 5.69 Å². The maximum absolute atomic E-state index is 10.7. The summed E-state index contributed by atoms with van der Waals surface area (Å²) in [6.07, 6.45) is 0. The molecule has 4 nitrogen and oxygen atoms in total. The number of halogens is 1. The van der Waals surface area contributed by atoms with Crippen molar-refractivity contribution in [3.05, 3.63) is 28.2 Å². The third-order valence-corrected chi connectivity index (χ3v) is 2.54. The molecule has 0 saturated carbocycles. The van der Waals surface area contributed by atoms with Gasteiger partial charge in [-0.2, -0.15) is 0 Å². The van der Waals surface area contributed by atoms with Gasteiger partial charge in [0.25, 0.3) is 0 Å². The lowest BCUT2D eigenvalue weighted by atomic mass is 10.2. The number of carboxylic acids is 1. The third-order valence-electron chi connectivity index (χ3n) is 1.89. The number of aliphatic hydroxyl groups is 1. The Kier molecular flexibility index (Phi) is 4.11. The van der Waals surface area contributed by atoms with E-state index >= 15 is 0 Å². The number of nitrogens with one attached hydrogen (secondary N) is 1. The zero-order chi connectivity index (χ0) is 11.4. The van der Waals surface area contributed by atoms with Gasteiger partial charge in [-0.05, 0) is 41.1 Å². The lowest BCUT2D eigenvalue weighted by molar-refractivity contribution is 0.0696. The van der Waals surface area contributed by atoms with Crippen LogP contribution in [0.3, 0.4) is 0 Å². The molecule has 0 fully saturated rings. The molecule has 0 spiro atoms. The fourth-order valence-electron chi connectivity index (χ4n) is 1.11. The van der Waals surface area contributed by atoms with Gasteiger partial charge in [0.2, 0.25) is 0 Å². The van der Waals surface area contributed by atoms with E-state index in [-0.39, 0.29) is 18.2 Å². The second-order valence-corrected chi connectivity index (χ2v) is 4.08. The molecule has 1 unspecified atom stereocenters.